The Hall–Kier alpha value is -2.95. The molecule has 0 aliphatic carbocycles. The smallest absolute Gasteiger partial charge is 0.196 e. The van der Waals surface area contributed by atoms with E-state index in [1.54, 1.807) is 57.7 Å². The van der Waals surface area contributed by atoms with Crippen molar-refractivity contribution < 1.29 is 23.7 Å². The second-order valence-corrected chi connectivity index (χ2v) is 4.94. The molecule has 0 aromatic heterocycles. The van der Waals surface area contributed by atoms with Crippen LogP contribution in [0.5, 0.6) is 23.0 Å². The number of hydrogen-bond donors (Lipinski definition) is 0. The highest BCUT2D eigenvalue weighted by Gasteiger charge is 2.18. The van der Waals surface area contributed by atoms with Crippen molar-refractivity contribution in [2.75, 3.05) is 28.4 Å². The van der Waals surface area contributed by atoms with E-state index in [4.69, 9.17) is 18.9 Å². The molecule has 5 nitrogen and oxygen atoms in total. The predicted octanol–water partition coefficient (Wildman–Crippen LogP) is 3.62. The zero-order chi connectivity index (χ0) is 17.7. The third-order valence-electron chi connectivity index (χ3n) is 3.66. The summed E-state index contributed by atoms with van der Waals surface area (Å²) >= 11 is 0. The van der Waals surface area contributed by atoms with Crippen LogP contribution < -0.4 is 18.9 Å². The molecule has 0 atom stereocenters. The van der Waals surface area contributed by atoms with Crippen LogP contribution in [-0.2, 0) is 0 Å². The third kappa shape index (κ3) is 3.35. The minimum atomic E-state index is -0.235. The summed E-state index contributed by atoms with van der Waals surface area (Å²) in [7, 11) is 6.15. The maximum absolute atomic E-state index is 12.8. The molecule has 0 spiro atoms. The first-order valence-corrected chi connectivity index (χ1v) is 7.23. The highest BCUT2D eigenvalue weighted by molar-refractivity contribution is 6.29. The minimum absolute atomic E-state index is 0.235. The lowest BCUT2D eigenvalue weighted by molar-refractivity contribution is 0.105. The summed E-state index contributed by atoms with van der Waals surface area (Å²) in [5.74, 6) is 1.93. The molecule has 0 amide bonds. The Morgan fingerprint density at radius 3 is 2.04 bits per heavy atom. The van der Waals surface area contributed by atoms with Gasteiger partial charge in [0, 0.05) is 11.6 Å². The summed E-state index contributed by atoms with van der Waals surface area (Å²) in [5.41, 5.74) is 1.40. The van der Waals surface area contributed by atoms with Gasteiger partial charge in [-0.1, -0.05) is 12.6 Å². The van der Waals surface area contributed by atoms with Gasteiger partial charge in [0.25, 0.3) is 0 Å². The van der Waals surface area contributed by atoms with E-state index in [1.165, 1.54) is 7.11 Å². The maximum Gasteiger partial charge on any atom is 0.196 e. The van der Waals surface area contributed by atoms with E-state index in [0.29, 0.717) is 39.7 Å². The van der Waals surface area contributed by atoms with E-state index in [-0.39, 0.29) is 5.78 Å². The number of carbonyl (C=O) groups is 1. The van der Waals surface area contributed by atoms with E-state index in [9.17, 15) is 4.79 Å². The summed E-state index contributed by atoms with van der Waals surface area (Å²) < 4.78 is 20.9. The first kappa shape index (κ1) is 17.4. The van der Waals surface area contributed by atoms with Gasteiger partial charge in [0.15, 0.2) is 17.3 Å². The molecular weight excluding hydrogens is 308 g/mol. The second kappa shape index (κ2) is 7.55. The molecule has 0 saturated carbocycles. The second-order valence-electron chi connectivity index (χ2n) is 4.94. The van der Waals surface area contributed by atoms with Gasteiger partial charge in [-0.3, -0.25) is 4.79 Å². The number of Topliss-reactive ketones (excluding diaryl/α,β-unsaturated/α-hetero) is 1. The monoisotopic (exact) mass is 328 g/mol. The largest absolute Gasteiger partial charge is 0.497 e. The van der Waals surface area contributed by atoms with Crippen molar-refractivity contribution >= 4 is 11.4 Å². The zero-order valence-corrected chi connectivity index (χ0v) is 14.2. The number of ketones is 1. The Kier molecular flexibility index (Phi) is 5.47. The fourth-order valence-corrected chi connectivity index (χ4v) is 2.30. The molecule has 0 bridgehead atoms. The van der Waals surface area contributed by atoms with Crippen molar-refractivity contribution in [1.29, 1.82) is 0 Å². The average Bonchev–Trinajstić information content (AvgIpc) is 2.65. The van der Waals surface area contributed by atoms with Crippen LogP contribution >= 0.6 is 0 Å². The van der Waals surface area contributed by atoms with Gasteiger partial charge in [0.2, 0.25) is 0 Å². The van der Waals surface area contributed by atoms with Crippen molar-refractivity contribution in [2.45, 2.75) is 0 Å². The zero-order valence-electron chi connectivity index (χ0n) is 14.2. The molecule has 2 aromatic rings. The molecule has 2 aromatic carbocycles. The Morgan fingerprint density at radius 2 is 1.46 bits per heavy atom. The fraction of sp³-hybridized carbons (Fsp3) is 0.211. The summed E-state index contributed by atoms with van der Waals surface area (Å²) in [6.07, 6.45) is 0. The van der Waals surface area contributed by atoms with Crippen molar-refractivity contribution in [1.82, 2.24) is 0 Å². The van der Waals surface area contributed by atoms with Crippen LogP contribution in [0.1, 0.15) is 15.9 Å². The Morgan fingerprint density at radius 1 is 0.792 bits per heavy atom. The quantitative estimate of drug-likeness (QED) is 0.574. The summed E-state index contributed by atoms with van der Waals surface area (Å²) in [4.78, 5) is 12.8. The Bertz CT molecular complexity index is 764. The van der Waals surface area contributed by atoms with Gasteiger partial charge in [-0.15, -0.1) is 0 Å². The molecule has 126 valence electrons. The molecule has 0 unspecified atom stereocenters. The number of methoxy groups -OCH3 is 4. The lowest BCUT2D eigenvalue weighted by atomic mass is 9.97. The summed E-state index contributed by atoms with van der Waals surface area (Å²) in [6.45, 7) is 3.92. The molecular formula is C19H20O5. The van der Waals surface area contributed by atoms with Crippen LogP contribution in [-0.4, -0.2) is 34.2 Å². The lowest BCUT2D eigenvalue weighted by Crippen LogP contribution is -2.05. The third-order valence-corrected chi connectivity index (χ3v) is 3.66. The van der Waals surface area contributed by atoms with Crippen molar-refractivity contribution in [3.8, 4) is 23.0 Å². The van der Waals surface area contributed by atoms with Crippen LogP contribution in [0.3, 0.4) is 0 Å². The molecule has 0 N–H and O–H groups in total. The average molecular weight is 328 g/mol. The first-order valence-electron chi connectivity index (χ1n) is 7.23. The molecule has 0 radical (unpaired) electrons. The number of hydrogen-bond acceptors (Lipinski definition) is 5. The van der Waals surface area contributed by atoms with Gasteiger partial charge < -0.3 is 18.9 Å². The lowest BCUT2D eigenvalue weighted by Gasteiger charge is -2.13. The van der Waals surface area contributed by atoms with E-state index in [0.717, 1.165) is 0 Å². The number of carbonyl (C=O) groups excluding carboxylic acids is 1. The van der Waals surface area contributed by atoms with Gasteiger partial charge in [-0.2, -0.15) is 0 Å². The summed E-state index contributed by atoms with van der Waals surface area (Å²) in [6, 6.07) is 10.2. The minimum Gasteiger partial charge on any atom is -0.497 e. The molecule has 5 heteroatoms. The van der Waals surface area contributed by atoms with Gasteiger partial charge in [-0.25, -0.2) is 0 Å². The molecule has 0 aliphatic rings. The van der Waals surface area contributed by atoms with Crippen LogP contribution in [0.15, 0.2) is 43.0 Å². The van der Waals surface area contributed by atoms with Crippen LogP contribution in [0, 0.1) is 0 Å². The number of allylic oxidation sites excluding steroid dienone is 1. The standard InChI is InChI=1S/C19H20O5/c1-12(13-6-9-16(22-3)18(10-13)24-5)19(20)15-8-7-14(21-2)11-17(15)23-4/h6-11H,1H2,2-5H3. The van der Waals surface area contributed by atoms with E-state index >= 15 is 0 Å². The number of ether oxygens (including phenoxy) is 4. The molecule has 0 heterocycles. The molecule has 2 rings (SSSR count). The normalized spacial score (nSPS) is 10.0. The number of rotatable bonds is 7. The maximum atomic E-state index is 12.8. The topological polar surface area (TPSA) is 54.0 Å². The van der Waals surface area contributed by atoms with Crippen molar-refractivity contribution in [2.24, 2.45) is 0 Å². The van der Waals surface area contributed by atoms with Crippen LogP contribution in [0.25, 0.3) is 5.57 Å². The van der Waals surface area contributed by atoms with Gasteiger partial charge in [0.1, 0.15) is 11.5 Å². The molecule has 0 fully saturated rings. The van der Waals surface area contributed by atoms with E-state index < -0.39 is 0 Å². The Labute approximate surface area is 141 Å². The first-order chi connectivity index (χ1) is 11.5. The SMILES string of the molecule is C=C(C(=O)c1ccc(OC)cc1OC)c1ccc(OC)c(OC)c1. The van der Waals surface area contributed by atoms with E-state index in [1.807, 2.05) is 0 Å². The predicted molar refractivity (Wildman–Crippen MR) is 92.5 cm³/mol. The van der Waals surface area contributed by atoms with Crippen LogP contribution in [0.4, 0.5) is 0 Å². The molecule has 24 heavy (non-hydrogen) atoms. The Balaban J connectivity index is 2.38. The highest BCUT2D eigenvalue weighted by Crippen LogP contribution is 2.33. The van der Waals surface area contributed by atoms with Crippen LogP contribution in [0.2, 0.25) is 0 Å². The van der Waals surface area contributed by atoms with E-state index in [2.05, 4.69) is 6.58 Å². The van der Waals surface area contributed by atoms with Gasteiger partial charge >= 0.3 is 0 Å². The molecule has 0 saturated heterocycles. The van der Waals surface area contributed by atoms with Gasteiger partial charge in [0.05, 0.1) is 34.0 Å². The van der Waals surface area contributed by atoms with Crippen molar-refractivity contribution in [3.63, 3.8) is 0 Å². The van der Waals surface area contributed by atoms with Gasteiger partial charge in [-0.05, 0) is 29.8 Å². The summed E-state index contributed by atoms with van der Waals surface area (Å²) in [5, 5.41) is 0. The highest BCUT2D eigenvalue weighted by atomic mass is 16.5. The fourth-order valence-electron chi connectivity index (χ4n) is 2.30. The number of benzene rings is 2. The molecule has 0 aliphatic heterocycles. The van der Waals surface area contributed by atoms with Crippen molar-refractivity contribution in [3.05, 3.63) is 54.1 Å².